The number of aryl methyl sites for hydroxylation is 2. The van der Waals surface area contributed by atoms with Gasteiger partial charge in [0.2, 0.25) is 5.91 Å². The number of hydrogen-bond donors (Lipinski definition) is 1. The Morgan fingerprint density at radius 3 is 2.92 bits per heavy atom. The Bertz CT molecular complexity index is 910. The Morgan fingerprint density at radius 2 is 2.12 bits per heavy atom. The molecule has 0 aliphatic carbocycles. The highest BCUT2D eigenvalue weighted by Gasteiger charge is 2.30. The lowest BCUT2D eigenvalue weighted by Gasteiger charge is -2.35. The summed E-state index contributed by atoms with van der Waals surface area (Å²) in [6.07, 6.45) is 5.01. The van der Waals surface area contributed by atoms with Crippen molar-refractivity contribution in [1.82, 2.24) is 24.6 Å². The van der Waals surface area contributed by atoms with Gasteiger partial charge in [0.1, 0.15) is 12.4 Å². The third-order valence-corrected chi connectivity index (χ3v) is 5.16. The number of aromatic nitrogens is 4. The summed E-state index contributed by atoms with van der Waals surface area (Å²) in [6, 6.07) is 8.07. The van der Waals surface area contributed by atoms with Crippen molar-refractivity contribution in [3.63, 3.8) is 0 Å². The molecule has 6 nitrogen and oxygen atoms in total. The molecular formula is C19H23N5O. The summed E-state index contributed by atoms with van der Waals surface area (Å²) >= 11 is 0. The smallest absolute Gasteiger partial charge is 0.243 e. The molecule has 6 heteroatoms. The van der Waals surface area contributed by atoms with Crippen LogP contribution in [0.4, 0.5) is 0 Å². The van der Waals surface area contributed by atoms with Crippen LogP contribution in [0.3, 0.4) is 0 Å². The van der Waals surface area contributed by atoms with E-state index >= 15 is 0 Å². The minimum Gasteiger partial charge on any atom is -0.333 e. The van der Waals surface area contributed by atoms with E-state index in [9.17, 15) is 4.79 Å². The van der Waals surface area contributed by atoms with Crippen LogP contribution in [-0.2, 0) is 11.3 Å². The summed E-state index contributed by atoms with van der Waals surface area (Å²) < 4.78 is 2.02. The van der Waals surface area contributed by atoms with Crippen molar-refractivity contribution in [3.05, 3.63) is 47.5 Å². The number of hydrogen-bond acceptors (Lipinski definition) is 3. The topological polar surface area (TPSA) is 66.8 Å². The number of H-pyrrole nitrogens is 1. The predicted molar refractivity (Wildman–Crippen MR) is 96.1 cm³/mol. The van der Waals surface area contributed by atoms with Gasteiger partial charge < -0.3 is 9.47 Å². The van der Waals surface area contributed by atoms with Crippen LogP contribution in [0, 0.1) is 13.8 Å². The molecule has 130 valence electrons. The van der Waals surface area contributed by atoms with Gasteiger partial charge in [-0.3, -0.25) is 9.89 Å². The highest BCUT2D eigenvalue weighted by Crippen LogP contribution is 2.31. The lowest BCUT2D eigenvalue weighted by molar-refractivity contribution is -0.135. The molecule has 4 rings (SSSR count). The molecule has 0 spiro atoms. The molecule has 25 heavy (non-hydrogen) atoms. The molecule has 3 heterocycles. The summed E-state index contributed by atoms with van der Waals surface area (Å²) in [7, 11) is 0. The van der Waals surface area contributed by atoms with Crippen molar-refractivity contribution in [2.45, 2.75) is 45.7 Å². The second-order valence-electron chi connectivity index (χ2n) is 6.80. The van der Waals surface area contributed by atoms with E-state index in [0.29, 0.717) is 6.54 Å². The summed E-state index contributed by atoms with van der Waals surface area (Å²) in [4.78, 5) is 19.7. The number of imidazole rings is 1. The Hall–Kier alpha value is -2.63. The van der Waals surface area contributed by atoms with Gasteiger partial charge in [0, 0.05) is 6.54 Å². The van der Waals surface area contributed by atoms with Crippen LogP contribution >= 0.6 is 0 Å². The molecular weight excluding hydrogens is 314 g/mol. The summed E-state index contributed by atoms with van der Waals surface area (Å²) in [5.74, 6) is 1.02. The number of fused-ring (bicyclic) bond motifs is 1. The summed E-state index contributed by atoms with van der Waals surface area (Å²) in [5, 5.41) is 7.24. The zero-order valence-corrected chi connectivity index (χ0v) is 14.7. The monoisotopic (exact) mass is 337 g/mol. The number of rotatable bonds is 3. The number of benzene rings is 1. The van der Waals surface area contributed by atoms with Gasteiger partial charge in [0.05, 0.1) is 29.0 Å². The number of piperidine rings is 1. The van der Waals surface area contributed by atoms with E-state index < -0.39 is 0 Å². The molecule has 0 bridgehead atoms. The average Bonchev–Trinajstić information content (AvgIpc) is 3.18. The maximum absolute atomic E-state index is 13.1. The number of carbonyl (C=O) groups is 1. The highest BCUT2D eigenvalue weighted by molar-refractivity contribution is 5.81. The minimum absolute atomic E-state index is 0.0961. The molecule has 1 saturated heterocycles. The quantitative estimate of drug-likeness (QED) is 0.798. The molecule has 1 atom stereocenters. The van der Waals surface area contributed by atoms with Crippen molar-refractivity contribution < 1.29 is 4.79 Å². The van der Waals surface area contributed by atoms with E-state index in [1.54, 1.807) is 0 Å². The summed E-state index contributed by atoms with van der Waals surface area (Å²) in [5.41, 5.74) is 4.14. The first-order chi connectivity index (χ1) is 12.1. The molecule has 0 saturated carbocycles. The molecule has 1 aliphatic heterocycles. The fourth-order valence-electron chi connectivity index (χ4n) is 3.85. The van der Waals surface area contributed by atoms with Gasteiger partial charge in [-0.2, -0.15) is 5.10 Å². The maximum atomic E-state index is 13.1. The molecule has 1 amide bonds. The zero-order chi connectivity index (χ0) is 17.4. The Balaban J connectivity index is 1.62. The van der Waals surface area contributed by atoms with Gasteiger partial charge in [-0.05, 0) is 50.8 Å². The molecule has 2 aromatic heterocycles. The normalized spacial score (nSPS) is 18.0. The number of para-hydroxylation sites is 2. The minimum atomic E-state index is 0.0961. The lowest BCUT2D eigenvalue weighted by atomic mass is 9.97. The zero-order valence-electron chi connectivity index (χ0n) is 14.7. The number of amides is 1. The Kier molecular flexibility index (Phi) is 4.03. The molecule has 0 unspecified atom stereocenters. The van der Waals surface area contributed by atoms with Gasteiger partial charge in [0.15, 0.2) is 0 Å². The molecule has 3 aromatic rings. The van der Waals surface area contributed by atoms with Gasteiger partial charge >= 0.3 is 0 Å². The fraction of sp³-hybridized carbons (Fsp3) is 0.421. The fourth-order valence-corrected chi connectivity index (χ4v) is 3.85. The van der Waals surface area contributed by atoms with Crippen LogP contribution in [0.5, 0.6) is 0 Å². The van der Waals surface area contributed by atoms with E-state index in [-0.39, 0.29) is 11.9 Å². The van der Waals surface area contributed by atoms with Crippen molar-refractivity contribution >= 4 is 16.9 Å². The summed E-state index contributed by atoms with van der Waals surface area (Å²) in [6.45, 7) is 5.13. The second-order valence-corrected chi connectivity index (χ2v) is 6.80. The van der Waals surface area contributed by atoms with Gasteiger partial charge in [-0.1, -0.05) is 12.1 Å². The number of likely N-dealkylation sites (tertiary alicyclic amines) is 1. The van der Waals surface area contributed by atoms with E-state index in [2.05, 4.69) is 15.2 Å². The van der Waals surface area contributed by atoms with E-state index in [0.717, 1.165) is 53.9 Å². The van der Waals surface area contributed by atoms with Crippen molar-refractivity contribution in [3.8, 4) is 0 Å². The molecule has 1 fully saturated rings. The SMILES string of the molecule is Cc1cn[nH]c1[C@H]1CCCCN1C(=O)Cn1c(C)nc2ccccc21. The first kappa shape index (κ1) is 15.9. The first-order valence-electron chi connectivity index (χ1n) is 8.86. The Morgan fingerprint density at radius 1 is 1.28 bits per heavy atom. The van der Waals surface area contributed by atoms with Gasteiger partial charge in [0.25, 0.3) is 0 Å². The Labute approximate surface area is 146 Å². The van der Waals surface area contributed by atoms with Crippen LogP contribution in [0.2, 0.25) is 0 Å². The van der Waals surface area contributed by atoms with Crippen molar-refractivity contribution in [2.24, 2.45) is 0 Å². The van der Waals surface area contributed by atoms with Crippen LogP contribution in [0.1, 0.15) is 42.4 Å². The van der Waals surface area contributed by atoms with E-state index in [1.165, 1.54) is 0 Å². The maximum Gasteiger partial charge on any atom is 0.243 e. The van der Waals surface area contributed by atoms with Crippen LogP contribution in [0.25, 0.3) is 11.0 Å². The molecule has 1 aliphatic rings. The lowest BCUT2D eigenvalue weighted by Crippen LogP contribution is -2.40. The largest absolute Gasteiger partial charge is 0.333 e. The average molecular weight is 337 g/mol. The molecule has 0 radical (unpaired) electrons. The second kappa shape index (κ2) is 6.35. The third-order valence-electron chi connectivity index (χ3n) is 5.16. The third kappa shape index (κ3) is 2.81. The number of aromatic amines is 1. The van der Waals surface area contributed by atoms with Gasteiger partial charge in [-0.15, -0.1) is 0 Å². The van der Waals surface area contributed by atoms with Crippen LogP contribution in [-0.4, -0.2) is 37.1 Å². The van der Waals surface area contributed by atoms with Crippen molar-refractivity contribution in [1.29, 1.82) is 0 Å². The first-order valence-corrected chi connectivity index (χ1v) is 8.86. The molecule has 1 aromatic carbocycles. The molecule has 1 N–H and O–H groups in total. The van der Waals surface area contributed by atoms with Crippen LogP contribution in [0.15, 0.2) is 30.5 Å². The number of nitrogens with zero attached hydrogens (tertiary/aromatic N) is 4. The predicted octanol–water partition coefficient (Wildman–Crippen LogP) is 3.13. The number of nitrogens with one attached hydrogen (secondary N) is 1. The van der Waals surface area contributed by atoms with E-state index in [1.807, 2.05) is 53.8 Å². The highest BCUT2D eigenvalue weighted by atomic mass is 16.2. The van der Waals surface area contributed by atoms with Crippen molar-refractivity contribution in [2.75, 3.05) is 6.54 Å². The van der Waals surface area contributed by atoms with Crippen LogP contribution < -0.4 is 0 Å². The van der Waals surface area contributed by atoms with E-state index in [4.69, 9.17) is 0 Å². The van der Waals surface area contributed by atoms with Gasteiger partial charge in [-0.25, -0.2) is 4.98 Å². The standard InChI is InChI=1S/C19H23N5O/c1-13-11-20-22-19(13)17-9-5-6-10-23(17)18(25)12-24-14(2)21-15-7-3-4-8-16(15)24/h3-4,7-8,11,17H,5-6,9-10,12H2,1-2H3,(H,20,22)/t17-/m1/s1. The number of carbonyl (C=O) groups excluding carboxylic acids is 1.